The largest absolute Gasteiger partial charge is 0.357 e. The second kappa shape index (κ2) is 9.70. The molecule has 1 heterocycles. The van der Waals surface area contributed by atoms with Gasteiger partial charge in [-0.2, -0.15) is 5.10 Å². The zero-order chi connectivity index (χ0) is 17.2. The molecule has 0 radical (unpaired) electrons. The quantitative estimate of drug-likeness (QED) is 0.577. The molecule has 0 aliphatic rings. The van der Waals surface area contributed by atoms with Crippen molar-refractivity contribution in [1.82, 2.24) is 25.4 Å². The van der Waals surface area contributed by atoms with Crippen LogP contribution in [0.1, 0.15) is 38.3 Å². The van der Waals surface area contributed by atoms with Crippen molar-refractivity contribution in [2.75, 3.05) is 13.1 Å². The van der Waals surface area contributed by atoms with Crippen LogP contribution in [0.3, 0.4) is 0 Å². The van der Waals surface area contributed by atoms with Gasteiger partial charge < -0.3 is 10.6 Å². The molecule has 0 bridgehead atoms. The molecular formula is C18H28N6. The molecule has 0 aliphatic heterocycles. The number of benzene rings is 1. The zero-order valence-electron chi connectivity index (χ0n) is 14.9. The monoisotopic (exact) mass is 328 g/mol. The van der Waals surface area contributed by atoms with Gasteiger partial charge in [0.25, 0.3) is 0 Å². The molecule has 0 atom stereocenters. The lowest BCUT2D eigenvalue weighted by atomic mass is 10.1. The van der Waals surface area contributed by atoms with E-state index in [9.17, 15) is 0 Å². The summed E-state index contributed by atoms with van der Waals surface area (Å²) in [6, 6.07) is 8.44. The highest BCUT2D eigenvalue weighted by Gasteiger charge is 2.01. The highest BCUT2D eigenvalue weighted by molar-refractivity contribution is 5.79. The Morgan fingerprint density at radius 2 is 2.08 bits per heavy atom. The van der Waals surface area contributed by atoms with Crippen molar-refractivity contribution < 1.29 is 0 Å². The Kier molecular flexibility index (Phi) is 7.26. The second-order valence-electron chi connectivity index (χ2n) is 6.22. The van der Waals surface area contributed by atoms with Gasteiger partial charge in [0.1, 0.15) is 12.7 Å². The first-order chi connectivity index (χ1) is 11.7. The Hall–Kier alpha value is -2.37. The van der Waals surface area contributed by atoms with E-state index in [4.69, 9.17) is 0 Å². The highest BCUT2D eigenvalue weighted by Crippen LogP contribution is 2.08. The van der Waals surface area contributed by atoms with Gasteiger partial charge in [-0.3, -0.25) is 0 Å². The molecule has 0 fully saturated rings. The van der Waals surface area contributed by atoms with E-state index in [0.717, 1.165) is 32.0 Å². The first-order valence-corrected chi connectivity index (χ1v) is 8.59. The average Bonchev–Trinajstić information content (AvgIpc) is 3.05. The molecule has 0 amide bonds. The van der Waals surface area contributed by atoms with Crippen molar-refractivity contribution in [3.63, 3.8) is 0 Å². The first-order valence-electron chi connectivity index (χ1n) is 8.59. The number of guanidine groups is 1. The van der Waals surface area contributed by atoms with Crippen LogP contribution >= 0.6 is 0 Å². The van der Waals surface area contributed by atoms with E-state index in [-0.39, 0.29) is 0 Å². The van der Waals surface area contributed by atoms with E-state index in [0.29, 0.717) is 12.5 Å². The molecule has 6 nitrogen and oxygen atoms in total. The molecule has 0 saturated carbocycles. The van der Waals surface area contributed by atoms with Crippen molar-refractivity contribution in [2.45, 2.75) is 40.3 Å². The molecule has 0 aliphatic carbocycles. The molecule has 0 saturated heterocycles. The maximum Gasteiger partial charge on any atom is 0.191 e. The summed E-state index contributed by atoms with van der Waals surface area (Å²) in [6.07, 6.45) is 4.42. The average molecular weight is 328 g/mol. The Labute approximate surface area is 144 Å². The van der Waals surface area contributed by atoms with E-state index in [1.807, 2.05) is 4.68 Å². The maximum absolute atomic E-state index is 4.68. The van der Waals surface area contributed by atoms with Gasteiger partial charge in [-0.1, -0.05) is 38.1 Å². The fourth-order valence-corrected chi connectivity index (χ4v) is 2.32. The van der Waals surface area contributed by atoms with Gasteiger partial charge in [0.2, 0.25) is 0 Å². The second-order valence-corrected chi connectivity index (χ2v) is 6.22. The van der Waals surface area contributed by atoms with Crippen molar-refractivity contribution in [1.29, 1.82) is 0 Å². The standard InChI is InChI=1S/C18H28N6/c1-4-20-18(21-9-8-15(2)3)22-11-16-6-5-7-17(10-16)12-24-14-19-13-23-24/h5-7,10,13-15H,4,8-9,11-12H2,1-3H3,(H2,20,21,22). The van der Waals surface area contributed by atoms with Crippen molar-refractivity contribution in [2.24, 2.45) is 10.9 Å². The topological polar surface area (TPSA) is 67.1 Å². The van der Waals surface area contributed by atoms with Crippen LogP contribution in [-0.2, 0) is 13.1 Å². The summed E-state index contributed by atoms with van der Waals surface area (Å²) in [5.74, 6) is 1.56. The molecule has 6 heteroatoms. The van der Waals surface area contributed by atoms with Crippen molar-refractivity contribution >= 4 is 5.96 Å². The minimum absolute atomic E-state index is 0.655. The van der Waals surface area contributed by atoms with Gasteiger partial charge in [0.15, 0.2) is 5.96 Å². The lowest BCUT2D eigenvalue weighted by Crippen LogP contribution is -2.38. The predicted octanol–water partition coefficient (Wildman–Crippen LogP) is 2.43. The van der Waals surface area contributed by atoms with Crippen molar-refractivity contribution in [3.05, 3.63) is 48.0 Å². The summed E-state index contributed by atoms with van der Waals surface area (Å²) < 4.78 is 1.82. The summed E-state index contributed by atoms with van der Waals surface area (Å²) in [7, 11) is 0. The Morgan fingerprint density at radius 1 is 1.25 bits per heavy atom. The fraction of sp³-hybridized carbons (Fsp3) is 0.500. The number of hydrogen-bond donors (Lipinski definition) is 2. The fourth-order valence-electron chi connectivity index (χ4n) is 2.32. The number of nitrogens with zero attached hydrogens (tertiary/aromatic N) is 4. The molecule has 2 rings (SSSR count). The van der Waals surface area contributed by atoms with Crippen LogP contribution in [0.2, 0.25) is 0 Å². The third kappa shape index (κ3) is 6.40. The van der Waals surface area contributed by atoms with E-state index in [2.05, 4.69) is 70.7 Å². The minimum Gasteiger partial charge on any atom is -0.357 e. The summed E-state index contributed by atoms with van der Waals surface area (Å²) >= 11 is 0. The lowest BCUT2D eigenvalue weighted by molar-refractivity contribution is 0.573. The van der Waals surface area contributed by atoms with Crippen LogP contribution in [0.15, 0.2) is 41.9 Å². The zero-order valence-corrected chi connectivity index (χ0v) is 14.9. The number of rotatable bonds is 8. The van der Waals surface area contributed by atoms with Gasteiger partial charge >= 0.3 is 0 Å². The molecule has 2 N–H and O–H groups in total. The SMILES string of the molecule is CCNC(=NCc1cccc(Cn2cncn2)c1)NCCC(C)C. The molecule has 1 aromatic carbocycles. The van der Waals surface area contributed by atoms with E-state index in [1.165, 1.54) is 11.1 Å². The third-order valence-electron chi connectivity index (χ3n) is 3.58. The lowest BCUT2D eigenvalue weighted by Gasteiger charge is -2.12. The summed E-state index contributed by atoms with van der Waals surface area (Å²) in [4.78, 5) is 8.65. The summed E-state index contributed by atoms with van der Waals surface area (Å²) in [6.45, 7) is 9.72. The van der Waals surface area contributed by atoms with E-state index >= 15 is 0 Å². The first kappa shape index (κ1) is 18.0. The predicted molar refractivity (Wildman–Crippen MR) is 97.8 cm³/mol. The summed E-state index contributed by atoms with van der Waals surface area (Å²) in [5, 5.41) is 10.8. The van der Waals surface area contributed by atoms with Gasteiger partial charge in [-0.25, -0.2) is 14.7 Å². The van der Waals surface area contributed by atoms with Crippen molar-refractivity contribution in [3.8, 4) is 0 Å². The third-order valence-corrected chi connectivity index (χ3v) is 3.58. The molecule has 0 unspecified atom stereocenters. The van der Waals surface area contributed by atoms with Gasteiger partial charge in [-0.15, -0.1) is 0 Å². The van der Waals surface area contributed by atoms with Crippen LogP contribution in [0.25, 0.3) is 0 Å². The minimum atomic E-state index is 0.655. The Bertz CT molecular complexity index is 618. The summed E-state index contributed by atoms with van der Waals surface area (Å²) in [5.41, 5.74) is 2.39. The number of aliphatic imine (C=N–C) groups is 1. The number of hydrogen-bond acceptors (Lipinski definition) is 3. The van der Waals surface area contributed by atoms with E-state index < -0.39 is 0 Å². The number of nitrogens with one attached hydrogen (secondary N) is 2. The highest BCUT2D eigenvalue weighted by atomic mass is 15.3. The number of aromatic nitrogens is 3. The maximum atomic E-state index is 4.68. The molecule has 24 heavy (non-hydrogen) atoms. The molecular weight excluding hydrogens is 300 g/mol. The molecule has 130 valence electrons. The van der Waals surface area contributed by atoms with Crippen LogP contribution in [0.5, 0.6) is 0 Å². The normalized spacial score (nSPS) is 11.8. The van der Waals surface area contributed by atoms with Crippen LogP contribution in [0, 0.1) is 5.92 Å². The van der Waals surface area contributed by atoms with Gasteiger partial charge in [0, 0.05) is 13.1 Å². The van der Waals surface area contributed by atoms with Crippen LogP contribution in [0.4, 0.5) is 0 Å². The Morgan fingerprint density at radius 3 is 2.79 bits per heavy atom. The van der Waals surface area contributed by atoms with Gasteiger partial charge in [-0.05, 0) is 30.4 Å². The Balaban J connectivity index is 1.94. The molecule has 1 aromatic heterocycles. The van der Waals surface area contributed by atoms with Crippen LogP contribution < -0.4 is 10.6 Å². The molecule has 2 aromatic rings. The molecule has 0 spiro atoms. The van der Waals surface area contributed by atoms with Crippen LogP contribution in [-0.4, -0.2) is 33.8 Å². The van der Waals surface area contributed by atoms with Gasteiger partial charge in [0.05, 0.1) is 13.1 Å². The smallest absolute Gasteiger partial charge is 0.191 e. The van der Waals surface area contributed by atoms with E-state index in [1.54, 1.807) is 12.7 Å².